The number of rotatable bonds is 6. The van der Waals surface area contributed by atoms with Gasteiger partial charge in [0, 0.05) is 17.8 Å². The van der Waals surface area contributed by atoms with Crippen LogP contribution in [0, 0.1) is 12.8 Å². The van der Waals surface area contributed by atoms with Gasteiger partial charge in [-0.1, -0.05) is 61.5 Å². The SMILES string of the molecule is Cc1ccccc1-c1noc(CN2CCCC(C(=O)Nc3ccccc3C(C)C)C2)n1. The van der Waals surface area contributed by atoms with Gasteiger partial charge in [0.25, 0.3) is 0 Å². The van der Waals surface area contributed by atoms with E-state index < -0.39 is 0 Å². The van der Waals surface area contributed by atoms with E-state index in [1.807, 2.05) is 49.4 Å². The minimum absolute atomic E-state index is 0.0484. The smallest absolute Gasteiger partial charge is 0.241 e. The van der Waals surface area contributed by atoms with Crippen molar-refractivity contribution in [2.45, 2.75) is 46.1 Å². The Kier molecular flexibility index (Phi) is 6.47. The van der Waals surface area contributed by atoms with E-state index in [0.29, 0.717) is 30.7 Å². The summed E-state index contributed by atoms with van der Waals surface area (Å²) in [7, 11) is 0. The first-order chi connectivity index (χ1) is 15.0. The number of aryl methyl sites for hydroxylation is 1. The summed E-state index contributed by atoms with van der Waals surface area (Å²) in [5, 5.41) is 7.32. The third-order valence-corrected chi connectivity index (χ3v) is 5.93. The van der Waals surface area contributed by atoms with Gasteiger partial charge in [0.1, 0.15) is 0 Å². The molecule has 1 atom stereocenters. The first-order valence-electron chi connectivity index (χ1n) is 11.0. The molecule has 3 aromatic rings. The van der Waals surface area contributed by atoms with Crippen LogP contribution in [0.1, 0.15) is 49.6 Å². The summed E-state index contributed by atoms with van der Waals surface area (Å²) < 4.78 is 5.51. The molecule has 0 radical (unpaired) electrons. The Morgan fingerprint density at radius 3 is 2.77 bits per heavy atom. The molecule has 0 aliphatic carbocycles. The fourth-order valence-electron chi connectivity index (χ4n) is 4.21. The lowest BCUT2D eigenvalue weighted by Crippen LogP contribution is -2.40. The lowest BCUT2D eigenvalue weighted by atomic mass is 9.96. The van der Waals surface area contributed by atoms with Crippen molar-refractivity contribution in [3.8, 4) is 11.4 Å². The number of nitrogens with one attached hydrogen (secondary N) is 1. The van der Waals surface area contributed by atoms with Gasteiger partial charge in [-0.2, -0.15) is 4.98 Å². The number of benzene rings is 2. The molecule has 0 bridgehead atoms. The zero-order valence-corrected chi connectivity index (χ0v) is 18.5. The Balaban J connectivity index is 1.39. The van der Waals surface area contributed by atoms with Gasteiger partial charge >= 0.3 is 0 Å². The molecule has 0 saturated carbocycles. The summed E-state index contributed by atoms with van der Waals surface area (Å²) in [5.74, 6) is 1.60. The Morgan fingerprint density at radius 2 is 1.97 bits per heavy atom. The Bertz CT molecular complexity index is 1040. The minimum atomic E-state index is -0.0484. The Labute approximate surface area is 183 Å². The highest BCUT2D eigenvalue weighted by Crippen LogP contribution is 2.26. The number of nitrogens with zero attached hydrogens (tertiary/aromatic N) is 3. The van der Waals surface area contributed by atoms with Crippen molar-refractivity contribution < 1.29 is 9.32 Å². The normalized spacial score (nSPS) is 17.1. The summed E-state index contributed by atoms with van der Waals surface area (Å²) in [6.07, 6.45) is 1.87. The van der Waals surface area contributed by atoms with Crippen molar-refractivity contribution in [3.05, 3.63) is 65.5 Å². The van der Waals surface area contributed by atoms with E-state index in [9.17, 15) is 4.79 Å². The number of amides is 1. The summed E-state index contributed by atoms with van der Waals surface area (Å²) in [6, 6.07) is 16.1. The van der Waals surface area contributed by atoms with Crippen LogP contribution in [0.15, 0.2) is 53.1 Å². The summed E-state index contributed by atoms with van der Waals surface area (Å²) >= 11 is 0. The predicted octanol–water partition coefficient (Wildman–Crippen LogP) is 5.02. The number of para-hydroxylation sites is 1. The van der Waals surface area contributed by atoms with Gasteiger partial charge in [-0.15, -0.1) is 0 Å². The largest absolute Gasteiger partial charge is 0.338 e. The van der Waals surface area contributed by atoms with Crippen molar-refractivity contribution in [2.75, 3.05) is 18.4 Å². The predicted molar refractivity (Wildman–Crippen MR) is 122 cm³/mol. The van der Waals surface area contributed by atoms with E-state index in [0.717, 1.165) is 41.8 Å². The molecular weight excluding hydrogens is 388 g/mol. The molecule has 1 N–H and O–H groups in total. The maximum Gasteiger partial charge on any atom is 0.241 e. The molecule has 1 aromatic heterocycles. The molecule has 6 heteroatoms. The molecule has 1 amide bonds. The second kappa shape index (κ2) is 9.43. The number of hydrogen-bond acceptors (Lipinski definition) is 5. The number of piperidine rings is 1. The van der Waals surface area contributed by atoms with Gasteiger partial charge in [0.05, 0.1) is 12.5 Å². The summed E-state index contributed by atoms with van der Waals surface area (Å²) in [6.45, 7) is 8.50. The van der Waals surface area contributed by atoms with Crippen LogP contribution < -0.4 is 5.32 Å². The molecule has 2 heterocycles. The van der Waals surface area contributed by atoms with Crippen LogP contribution in [-0.2, 0) is 11.3 Å². The lowest BCUT2D eigenvalue weighted by Gasteiger charge is -2.31. The molecule has 1 aliphatic rings. The summed E-state index contributed by atoms with van der Waals surface area (Å²) in [4.78, 5) is 19.8. The molecule has 4 rings (SSSR count). The molecular formula is C25H30N4O2. The van der Waals surface area contributed by atoms with Gasteiger partial charge in [-0.25, -0.2) is 0 Å². The molecule has 2 aromatic carbocycles. The summed E-state index contributed by atoms with van der Waals surface area (Å²) in [5.41, 5.74) is 4.18. The lowest BCUT2D eigenvalue weighted by molar-refractivity contribution is -0.121. The average molecular weight is 419 g/mol. The zero-order chi connectivity index (χ0) is 21.8. The fraction of sp³-hybridized carbons (Fsp3) is 0.400. The van der Waals surface area contributed by atoms with Crippen molar-refractivity contribution >= 4 is 11.6 Å². The molecule has 6 nitrogen and oxygen atoms in total. The second-order valence-electron chi connectivity index (χ2n) is 8.63. The van der Waals surface area contributed by atoms with Gasteiger partial charge in [0.2, 0.25) is 17.6 Å². The van der Waals surface area contributed by atoms with E-state index in [1.54, 1.807) is 0 Å². The third-order valence-electron chi connectivity index (χ3n) is 5.93. The van der Waals surface area contributed by atoms with Crippen LogP contribution in [0.5, 0.6) is 0 Å². The molecule has 1 unspecified atom stereocenters. The third kappa shape index (κ3) is 5.02. The standard InChI is InChI=1S/C25H30N4O2/c1-17(2)20-11-6-7-13-22(20)26-25(30)19-10-8-14-29(15-19)16-23-27-24(28-31-23)21-12-5-4-9-18(21)3/h4-7,9,11-13,17,19H,8,10,14-16H2,1-3H3,(H,26,30). The molecule has 31 heavy (non-hydrogen) atoms. The monoisotopic (exact) mass is 418 g/mol. The van der Waals surface area contributed by atoms with Crippen LogP contribution in [0.2, 0.25) is 0 Å². The van der Waals surface area contributed by atoms with Crippen LogP contribution in [-0.4, -0.2) is 34.0 Å². The number of aromatic nitrogens is 2. The topological polar surface area (TPSA) is 71.3 Å². The zero-order valence-electron chi connectivity index (χ0n) is 18.5. The maximum absolute atomic E-state index is 13.0. The van der Waals surface area contributed by atoms with Gasteiger partial charge < -0.3 is 9.84 Å². The molecule has 1 fully saturated rings. The van der Waals surface area contributed by atoms with Gasteiger partial charge in [-0.3, -0.25) is 9.69 Å². The maximum atomic E-state index is 13.0. The van der Waals surface area contributed by atoms with E-state index >= 15 is 0 Å². The van der Waals surface area contributed by atoms with E-state index in [1.165, 1.54) is 0 Å². The molecule has 0 spiro atoms. The van der Waals surface area contributed by atoms with Crippen LogP contribution in [0.3, 0.4) is 0 Å². The van der Waals surface area contributed by atoms with Crippen molar-refractivity contribution in [3.63, 3.8) is 0 Å². The Morgan fingerprint density at radius 1 is 1.19 bits per heavy atom. The van der Waals surface area contributed by atoms with Crippen LogP contribution in [0.4, 0.5) is 5.69 Å². The second-order valence-corrected chi connectivity index (χ2v) is 8.63. The quantitative estimate of drug-likeness (QED) is 0.609. The van der Waals surface area contributed by atoms with Crippen LogP contribution in [0.25, 0.3) is 11.4 Å². The first-order valence-corrected chi connectivity index (χ1v) is 11.0. The van der Waals surface area contributed by atoms with E-state index in [4.69, 9.17) is 4.52 Å². The highest BCUT2D eigenvalue weighted by molar-refractivity contribution is 5.93. The highest BCUT2D eigenvalue weighted by atomic mass is 16.5. The first kappa shape index (κ1) is 21.2. The number of hydrogen-bond donors (Lipinski definition) is 1. The molecule has 162 valence electrons. The Hall–Kier alpha value is -2.99. The number of anilines is 1. The van der Waals surface area contributed by atoms with Gasteiger partial charge in [0.15, 0.2) is 0 Å². The molecule has 1 aliphatic heterocycles. The van der Waals surface area contributed by atoms with Crippen LogP contribution >= 0.6 is 0 Å². The van der Waals surface area contributed by atoms with E-state index in [2.05, 4.69) is 40.3 Å². The van der Waals surface area contributed by atoms with Crippen molar-refractivity contribution in [2.24, 2.45) is 5.92 Å². The van der Waals surface area contributed by atoms with Crippen molar-refractivity contribution in [1.82, 2.24) is 15.0 Å². The number of carbonyl (C=O) groups is 1. The molecule has 1 saturated heterocycles. The average Bonchev–Trinajstić information content (AvgIpc) is 3.22. The van der Waals surface area contributed by atoms with Gasteiger partial charge in [-0.05, 0) is 49.4 Å². The fourth-order valence-corrected chi connectivity index (χ4v) is 4.21. The van der Waals surface area contributed by atoms with E-state index in [-0.39, 0.29) is 11.8 Å². The number of likely N-dealkylation sites (tertiary alicyclic amines) is 1. The number of carbonyl (C=O) groups excluding carboxylic acids is 1. The van der Waals surface area contributed by atoms with Crippen molar-refractivity contribution in [1.29, 1.82) is 0 Å². The minimum Gasteiger partial charge on any atom is -0.338 e. The highest BCUT2D eigenvalue weighted by Gasteiger charge is 2.27.